The topological polar surface area (TPSA) is 54.9 Å². The largest absolute Gasteiger partial charge is 0.350 e. The van der Waals surface area contributed by atoms with Crippen LogP contribution in [0.15, 0.2) is 27.4 Å². The van der Waals surface area contributed by atoms with Crippen molar-refractivity contribution in [2.75, 3.05) is 0 Å². The molecule has 1 N–H and O–H groups in total. The lowest BCUT2D eigenvalue weighted by Crippen LogP contribution is -2.30. The quantitative estimate of drug-likeness (QED) is 0.857. The van der Waals surface area contributed by atoms with Gasteiger partial charge in [0.05, 0.1) is 11.8 Å². The Hall–Kier alpha value is -0.920. The fourth-order valence-electron chi connectivity index (χ4n) is 1.15. The highest BCUT2D eigenvalue weighted by molar-refractivity contribution is 8.02. The summed E-state index contributed by atoms with van der Waals surface area (Å²) in [6.45, 7) is 2.47. The van der Waals surface area contributed by atoms with Crippen LogP contribution >= 0.6 is 34.4 Å². The van der Waals surface area contributed by atoms with Crippen molar-refractivity contribution in [2.45, 2.75) is 23.1 Å². The van der Waals surface area contributed by atoms with E-state index in [0.29, 0.717) is 6.54 Å². The van der Waals surface area contributed by atoms with Crippen molar-refractivity contribution in [1.82, 2.24) is 15.5 Å². The molecular formula is C10H11N3OS3. The van der Waals surface area contributed by atoms with Gasteiger partial charge in [-0.3, -0.25) is 4.79 Å². The molecule has 7 heteroatoms. The van der Waals surface area contributed by atoms with Crippen LogP contribution in [0.2, 0.25) is 0 Å². The molecule has 2 heterocycles. The average Bonchev–Trinajstić information content (AvgIpc) is 2.98. The van der Waals surface area contributed by atoms with Gasteiger partial charge in [-0.2, -0.15) is 0 Å². The number of carbonyl (C=O) groups excluding carboxylic acids is 1. The Morgan fingerprint density at radius 3 is 3.12 bits per heavy atom. The highest BCUT2D eigenvalue weighted by atomic mass is 32.2. The third-order valence-corrected chi connectivity index (χ3v) is 4.79. The number of hydrogen-bond acceptors (Lipinski definition) is 6. The SMILES string of the molecule is C[C@H](Sc1nncs1)C(=O)NCc1cccs1. The van der Waals surface area contributed by atoms with E-state index < -0.39 is 0 Å². The summed E-state index contributed by atoms with van der Waals surface area (Å²) in [4.78, 5) is 13.0. The van der Waals surface area contributed by atoms with Crippen LogP contribution in [0.4, 0.5) is 0 Å². The van der Waals surface area contributed by atoms with Gasteiger partial charge in [0.25, 0.3) is 0 Å². The molecule has 0 unspecified atom stereocenters. The Morgan fingerprint density at radius 1 is 1.59 bits per heavy atom. The molecule has 2 aromatic rings. The van der Waals surface area contributed by atoms with Crippen LogP contribution in [0, 0.1) is 0 Å². The predicted octanol–water partition coefficient (Wildman–Crippen LogP) is 2.40. The monoisotopic (exact) mass is 285 g/mol. The summed E-state index contributed by atoms with van der Waals surface area (Å²) in [7, 11) is 0. The summed E-state index contributed by atoms with van der Waals surface area (Å²) in [6, 6.07) is 3.99. The number of thiophene rings is 1. The highest BCUT2D eigenvalue weighted by Gasteiger charge is 2.15. The standard InChI is InChI=1S/C10H11N3OS3/c1-7(17-10-13-12-6-16-10)9(14)11-5-8-3-2-4-15-8/h2-4,6-7H,5H2,1H3,(H,11,14)/t7-/m0/s1. The first-order chi connectivity index (χ1) is 8.25. The zero-order valence-electron chi connectivity index (χ0n) is 9.12. The lowest BCUT2D eigenvalue weighted by atomic mass is 10.4. The molecule has 0 aliphatic heterocycles. The van der Waals surface area contributed by atoms with Crippen molar-refractivity contribution in [1.29, 1.82) is 0 Å². The number of hydrogen-bond donors (Lipinski definition) is 1. The number of nitrogens with one attached hydrogen (secondary N) is 1. The third-order valence-electron chi connectivity index (χ3n) is 2.00. The Morgan fingerprint density at radius 2 is 2.47 bits per heavy atom. The molecule has 4 nitrogen and oxygen atoms in total. The molecule has 0 bridgehead atoms. The van der Waals surface area contributed by atoms with Crippen molar-refractivity contribution in [2.24, 2.45) is 0 Å². The maximum Gasteiger partial charge on any atom is 0.233 e. The molecule has 90 valence electrons. The van der Waals surface area contributed by atoms with Crippen molar-refractivity contribution in [3.8, 4) is 0 Å². The van der Waals surface area contributed by atoms with Gasteiger partial charge < -0.3 is 5.32 Å². The number of rotatable bonds is 5. The van der Waals surface area contributed by atoms with Crippen LogP contribution in [0.3, 0.4) is 0 Å². The van der Waals surface area contributed by atoms with Crippen LogP contribution in [0.25, 0.3) is 0 Å². The van der Waals surface area contributed by atoms with Crippen LogP contribution in [-0.4, -0.2) is 21.4 Å². The predicted molar refractivity (Wildman–Crippen MR) is 71.4 cm³/mol. The molecule has 2 aromatic heterocycles. The van der Waals surface area contributed by atoms with Gasteiger partial charge in [0.15, 0.2) is 4.34 Å². The van der Waals surface area contributed by atoms with Crippen molar-refractivity contribution >= 4 is 40.3 Å². The Bertz CT molecular complexity index is 455. The summed E-state index contributed by atoms with van der Waals surface area (Å²) < 4.78 is 0.823. The number of nitrogens with zero attached hydrogens (tertiary/aromatic N) is 2. The van der Waals surface area contributed by atoms with E-state index in [1.807, 2.05) is 24.4 Å². The van der Waals surface area contributed by atoms with Gasteiger partial charge in [-0.15, -0.1) is 21.5 Å². The molecular weight excluding hydrogens is 274 g/mol. The summed E-state index contributed by atoms with van der Waals surface area (Å²) >= 11 is 4.52. The van der Waals surface area contributed by atoms with E-state index in [4.69, 9.17) is 0 Å². The molecule has 0 saturated carbocycles. The fourth-order valence-corrected chi connectivity index (χ4v) is 3.44. The minimum absolute atomic E-state index is 0.0265. The van der Waals surface area contributed by atoms with E-state index in [0.717, 1.165) is 9.22 Å². The van der Waals surface area contributed by atoms with E-state index in [1.165, 1.54) is 23.1 Å². The second-order valence-corrected chi connectivity index (χ2v) is 6.72. The lowest BCUT2D eigenvalue weighted by molar-refractivity contribution is -0.120. The van der Waals surface area contributed by atoms with Crippen molar-refractivity contribution in [3.63, 3.8) is 0 Å². The first-order valence-corrected chi connectivity index (χ1v) is 7.62. The Balaban J connectivity index is 1.79. The minimum Gasteiger partial charge on any atom is -0.350 e. The van der Waals surface area contributed by atoms with Gasteiger partial charge in [-0.05, 0) is 18.4 Å². The second-order valence-electron chi connectivity index (χ2n) is 3.26. The number of thioether (sulfide) groups is 1. The second kappa shape index (κ2) is 6.13. The molecule has 17 heavy (non-hydrogen) atoms. The van der Waals surface area contributed by atoms with Crippen molar-refractivity contribution < 1.29 is 4.79 Å². The fraction of sp³-hybridized carbons (Fsp3) is 0.300. The molecule has 0 aliphatic carbocycles. The molecule has 0 aromatic carbocycles. The zero-order valence-corrected chi connectivity index (χ0v) is 11.6. The number of carbonyl (C=O) groups is 1. The van der Waals surface area contributed by atoms with Gasteiger partial charge in [0, 0.05) is 4.88 Å². The van der Waals surface area contributed by atoms with Gasteiger partial charge in [0.1, 0.15) is 5.51 Å². The van der Waals surface area contributed by atoms with Crippen molar-refractivity contribution in [3.05, 3.63) is 27.9 Å². The molecule has 0 aliphatic rings. The maximum atomic E-state index is 11.8. The zero-order chi connectivity index (χ0) is 12.1. The van der Waals surface area contributed by atoms with Crippen LogP contribution in [-0.2, 0) is 11.3 Å². The Labute approximate surface area is 111 Å². The summed E-state index contributed by atoms with van der Waals surface area (Å²) in [5.74, 6) is 0.0265. The van der Waals surface area contributed by atoms with Crippen LogP contribution in [0.5, 0.6) is 0 Å². The molecule has 0 radical (unpaired) electrons. The molecule has 0 fully saturated rings. The summed E-state index contributed by atoms with van der Waals surface area (Å²) in [5.41, 5.74) is 1.67. The van der Waals surface area contributed by atoms with E-state index >= 15 is 0 Å². The van der Waals surface area contributed by atoms with Gasteiger partial charge in [0.2, 0.25) is 5.91 Å². The maximum absolute atomic E-state index is 11.8. The van der Waals surface area contributed by atoms with Gasteiger partial charge in [-0.25, -0.2) is 0 Å². The third kappa shape index (κ3) is 3.79. The molecule has 0 spiro atoms. The summed E-state index contributed by atoms with van der Waals surface area (Å²) in [6.07, 6.45) is 0. The average molecular weight is 285 g/mol. The lowest BCUT2D eigenvalue weighted by Gasteiger charge is -2.09. The molecule has 1 atom stereocenters. The molecule has 0 saturated heterocycles. The number of amides is 1. The number of aromatic nitrogens is 2. The normalized spacial score (nSPS) is 12.3. The summed E-state index contributed by atoms with van der Waals surface area (Å²) in [5, 5.41) is 12.4. The van der Waals surface area contributed by atoms with Crippen LogP contribution < -0.4 is 5.32 Å². The van der Waals surface area contributed by atoms with E-state index in [9.17, 15) is 4.79 Å². The molecule has 1 amide bonds. The molecule has 2 rings (SSSR count). The van der Waals surface area contributed by atoms with E-state index in [2.05, 4.69) is 15.5 Å². The smallest absolute Gasteiger partial charge is 0.233 e. The van der Waals surface area contributed by atoms with Gasteiger partial charge in [-0.1, -0.05) is 29.2 Å². The first kappa shape index (κ1) is 12.5. The highest BCUT2D eigenvalue weighted by Crippen LogP contribution is 2.24. The van der Waals surface area contributed by atoms with Crippen LogP contribution in [0.1, 0.15) is 11.8 Å². The minimum atomic E-state index is -0.150. The van der Waals surface area contributed by atoms with E-state index in [1.54, 1.807) is 16.8 Å². The van der Waals surface area contributed by atoms with Gasteiger partial charge >= 0.3 is 0 Å². The Kier molecular flexibility index (Phi) is 4.52. The first-order valence-electron chi connectivity index (χ1n) is 4.98. The van der Waals surface area contributed by atoms with E-state index in [-0.39, 0.29) is 11.2 Å².